The van der Waals surface area contributed by atoms with Crippen molar-refractivity contribution in [2.45, 2.75) is 10.8 Å². The van der Waals surface area contributed by atoms with Crippen LogP contribution >= 0.6 is 11.3 Å². The molecule has 7 nitrogen and oxygen atoms in total. The molecule has 0 aliphatic carbocycles. The van der Waals surface area contributed by atoms with Crippen molar-refractivity contribution in [1.29, 1.82) is 5.26 Å². The van der Waals surface area contributed by atoms with Crippen LogP contribution in [-0.4, -0.2) is 35.0 Å². The van der Waals surface area contributed by atoms with Crippen molar-refractivity contribution in [2.24, 2.45) is 0 Å². The van der Waals surface area contributed by atoms with Crippen LogP contribution in [0, 0.1) is 11.3 Å². The maximum Gasteiger partial charge on any atom is 0.252 e. The molecule has 2 rings (SSSR count). The number of aromatic nitrogens is 3. The van der Waals surface area contributed by atoms with Gasteiger partial charge in [0.1, 0.15) is 27.3 Å². The molecule has 0 atom stereocenters. The van der Waals surface area contributed by atoms with Gasteiger partial charge in [0.05, 0.1) is 6.54 Å². The third-order valence-electron chi connectivity index (χ3n) is 2.19. The Labute approximate surface area is 108 Å². The van der Waals surface area contributed by atoms with Crippen molar-refractivity contribution in [3.63, 3.8) is 0 Å². The molecule has 0 aliphatic heterocycles. The van der Waals surface area contributed by atoms with Crippen molar-refractivity contribution in [3.8, 4) is 6.07 Å². The number of nitriles is 1. The number of rotatable bonds is 4. The van der Waals surface area contributed by atoms with Crippen molar-refractivity contribution < 1.29 is 8.42 Å². The van der Waals surface area contributed by atoms with Crippen molar-refractivity contribution in [2.75, 3.05) is 7.05 Å². The summed E-state index contributed by atoms with van der Waals surface area (Å²) in [5, 5.41) is 14.9. The summed E-state index contributed by atoms with van der Waals surface area (Å²) in [7, 11) is -2.14. The molecule has 0 aromatic carbocycles. The van der Waals surface area contributed by atoms with Gasteiger partial charge in [-0.05, 0) is 12.1 Å². The van der Waals surface area contributed by atoms with Gasteiger partial charge in [-0.3, -0.25) is 5.10 Å². The first kappa shape index (κ1) is 12.7. The minimum Gasteiger partial charge on any atom is -0.262 e. The van der Waals surface area contributed by atoms with Crippen molar-refractivity contribution in [3.05, 3.63) is 29.2 Å². The molecule has 0 amide bonds. The predicted octanol–water partition coefficient (Wildman–Crippen LogP) is 0.559. The van der Waals surface area contributed by atoms with E-state index in [1.54, 1.807) is 0 Å². The number of aromatic amines is 1. The highest BCUT2D eigenvalue weighted by atomic mass is 32.2. The second-order valence-electron chi connectivity index (χ2n) is 3.42. The topological polar surface area (TPSA) is 103 Å². The third-order valence-corrected chi connectivity index (χ3v) is 5.45. The second-order valence-corrected chi connectivity index (χ2v) is 6.78. The Hall–Kier alpha value is -1.76. The van der Waals surface area contributed by atoms with Crippen LogP contribution in [-0.2, 0) is 16.6 Å². The smallest absolute Gasteiger partial charge is 0.252 e. The largest absolute Gasteiger partial charge is 0.262 e. The van der Waals surface area contributed by atoms with Crippen LogP contribution in [0.25, 0.3) is 0 Å². The third kappa shape index (κ3) is 2.40. The highest BCUT2D eigenvalue weighted by Gasteiger charge is 2.23. The van der Waals surface area contributed by atoms with Crippen LogP contribution in [0.5, 0.6) is 0 Å². The second kappa shape index (κ2) is 4.85. The van der Waals surface area contributed by atoms with Crippen LogP contribution in [0.1, 0.15) is 10.7 Å². The summed E-state index contributed by atoms with van der Waals surface area (Å²) >= 11 is 0.944. The first-order valence-corrected chi connectivity index (χ1v) is 7.10. The lowest BCUT2D eigenvalue weighted by Gasteiger charge is -2.13. The van der Waals surface area contributed by atoms with E-state index < -0.39 is 10.0 Å². The van der Waals surface area contributed by atoms with Gasteiger partial charge < -0.3 is 0 Å². The maximum absolute atomic E-state index is 12.2. The monoisotopic (exact) mass is 283 g/mol. The molecule has 94 valence electrons. The minimum atomic E-state index is -3.59. The lowest BCUT2D eigenvalue weighted by molar-refractivity contribution is 0.459. The zero-order chi connectivity index (χ0) is 13.2. The Kier molecular flexibility index (Phi) is 3.42. The molecule has 1 N–H and O–H groups in total. The maximum atomic E-state index is 12.2. The quantitative estimate of drug-likeness (QED) is 0.883. The van der Waals surface area contributed by atoms with E-state index in [2.05, 4.69) is 15.2 Å². The van der Waals surface area contributed by atoms with Gasteiger partial charge >= 0.3 is 0 Å². The molecule has 0 saturated carbocycles. The summed E-state index contributed by atoms with van der Waals surface area (Å²) in [6.45, 7) is 0.0993. The molecule has 18 heavy (non-hydrogen) atoms. The van der Waals surface area contributed by atoms with E-state index >= 15 is 0 Å². The fraction of sp³-hybridized carbons (Fsp3) is 0.222. The number of nitrogens with zero attached hydrogens (tertiary/aromatic N) is 4. The standard InChI is InChI=1S/C9H9N5O2S2/c1-14(5-8-11-6-12-13-8)18(15,16)9-3-2-7(4-10)17-9/h2-3,6H,5H2,1H3,(H,11,12,13). The van der Waals surface area contributed by atoms with E-state index in [0.29, 0.717) is 10.7 Å². The van der Waals surface area contributed by atoms with E-state index in [9.17, 15) is 8.42 Å². The van der Waals surface area contributed by atoms with Gasteiger partial charge in [-0.2, -0.15) is 14.7 Å². The number of hydrogen-bond donors (Lipinski definition) is 1. The normalized spacial score (nSPS) is 11.6. The van der Waals surface area contributed by atoms with E-state index in [1.165, 1.54) is 25.5 Å². The highest BCUT2D eigenvalue weighted by molar-refractivity contribution is 7.91. The van der Waals surface area contributed by atoms with E-state index in [4.69, 9.17) is 5.26 Å². The highest BCUT2D eigenvalue weighted by Crippen LogP contribution is 2.24. The van der Waals surface area contributed by atoms with Crippen LogP contribution < -0.4 is 0 Å². The zero-order valence-electron chi connectivity index (χ0n) is 9.36. The molecule has 2 heterocycles. The summed E-state index contributed by atoms with van der Waals surface area (Å²) in [5.41, 5.74) is 0. The van der Waals surface area contributed by atoms with Gasteiger partial charge in [0.25, 0.3) is 10.0 Å². The fourth-order valence-electron chi connectivity index (χ4n) is 1.28. The predicted molar refractivity (Wildman–Crippen MR) is 64.1 cm³/mol. The van der Waals surface area contributed by atoms with Crippen molar-refractivity contribution >= 4 is 21.4 Å². The molecule has 2 aromatic heterocycles. The number of sulfonamides is 1. The Morgan fingerprint density at radius 2 is 2.33 bits per heavy atom. The van der Waals surface area contributed by atoms with Crippen LogP contribution in [0.2, 0.25) is 0 Å². The van der Waals surface area contributed by atoms with Gasteiger partial charge in [0.2, 0.25) is 0 Å². The van der Waals surface area contributed by atoms with Crippen molar-refractivity contribution in [1.82, 2.24) is 19.5 Å². The zero-order valence-corrected chi connectivity index (χ0v) is 11.0. The van der Waals surface area contributed by atoms with Gasteiger partial charge in [-0.1, -0.05) is 0 Å². The van der Waals surface area contributed by atoms with E-state index in [-0.39, 0.29) is 10.8 Å². The van der Waals surface area contributed by atoms with Gasteiger partial charge in [-0.15, -0.1) is 11.3 Å². The van der Waals surface area contributed by atoms with E-state index in [0.717, 1.165) is 15.6 Å². The minimum absolute atomic E-state index is 0.0993. The molecule has 0 aliphatic rings. The number of H-pyrrole nitrogens is 1. The van der Waals surface area contributed by atoms with Gasteiger partial charge in [-0.25, -0.2) is 13.4 Å². The summed E-state index contributed by atoms with van der Waals surface area (Å²) in [4.78, 5) is 4.23. The first-order valence-electron chi connectivity index (χ1n) is 4.84. The van der Waals surface area contributed by atoms with Crippen LogP contribution in [0.3, 0.4) is 0 Å². The van der Waals surface area contributed by atoms with Crippen LogP contribution in [0.4, 0.5) is 0 Å². The molecule has 0 unspecified atom stereocenters. The summed E-state index contributed by atoms with van der Waals surface area (Å²) < 4.78 is 25.6. The van der Waals surface area contributed by atoms with E-state index in [1.807, 2.05) is 6.07 Å². The average molecular weight is 283 g/mol. The molecule has 2 aromatic rings. The number of nitrogens with one attached hydrogen (secondary N) is 1. The lowest BCUT2D eigenvalue weighted by atomic mass is 10.5. The first-order chi connectivity index (χ1) is 8.54. The number of hydrogen-bond acceptors (Lipinski definition) is 6. The number of thiophene rings is 1. The Morgan fingerprint density at radius 3 is 2.89 bits per heavy atom. The van der Waals surface area contributed by atoms with Gasteiger partial charge in [0.15, 0.2) is 0 Å². The van der Waals surface area contributed by atoms with Gasteiger partial charge in [0, 0.05) is 7.05 Å². The van der Waals surface area contributed by atoms with Crippen LogP contribution in [0.15, 0.2) is 22.7 Å². The molecular weight excluding hydrogens is 274 g/mol. The average Bonchev–Trinajstić information content (AvgIpc) is 2.99. The fourth-order valence-corrected chi connectivity index (χ4v) is 3.72. The molecule has 0 fully saturated rings. The SMILES string of the molecule is CN(Cc1ncn[nH]1)S(=O)(=O)c1ccc(C#N)s1. The molecular formula is C9H9N5O2S2. The molecule has 0 saturated heterocycles. The Morgan fingerprint density at radius 1 is 1.56 bits per heavy atom. The summed E-state index contributed by atoms with van der Waals surface area (Å²) in [6, 6.07) is 4.82. The summed E-state index contributed by atoms with van der Waals surface area (Å²) in [5.74, 6) is 0.457. The lowest BCUT2D eigenvalue weighted by Crippen LogP contribution is -2.26. The molecule has 0 spiro atoms. The summed E-state index contributed by atoms with van der Waals surface area (Å²) in [6.07, 6.45) is 1.31. The molecule has 9 heteroatoms. The molecule has 0 radical (unpaired) electrons. The molecule has 0 bridgehead atoms. The Balaban J connectivity index is 2.23. The Bertz CT molecular complexity index is 668.